The molecule has 0 saturated carbocycles. The summed E-state index contributed by atoms with van der Waals surface area (Å²) in [5, 5.41) is 5.13. The van der Waals surface area contributed by atoms with Crippen molar-refractivity contribution in [1.29, 1.82) is 0 Å². The quantitative estimate of drug-likeness (QED) is 0.406. The number of esters is 1. The summed E-state index contributed by atoms with van der Waals surface area (Å²) in [6.07, 6.45) is 3.22. The molecule has 5 heteroatoms. The molecule has 0 spiro atoms. The molecule has 3 aromatic rings. The summed E-state index contributed by atoms with van der Waals surface area (Å²) in [5.41, 5.74) is 4.19. The summed E-state index contributed by atoms with van der Waals surface area (Å²) < 4.78 is 4.94. The molecule has 2 aromatic carbocycles. The number of benzene rings is 2. The Kier molecular flexibility index (Phi) is 6.62. The Morgan fingerprint density at radius 1 is 1.03 bits per heavy atom. The van der Waals surface area contributed by atoms with E-state index in [0.717, 1.165) is 16.7 Å². The van der Waals surface area contributed by atoms with Gasteiger partial charge in [0, 0.05) is 17.0 Å². The van der Waals surface area contributed by atoms with Gasteiger partial charge in [-0.3, -0.25) is 4.79 Å². The minimum Gasteiger partial charge on any atom is -0.465 e. The summed E-state index contributed by atoms with van der Waals surface area (Å²) in [4.78, 5) is 24.8. The number of anilines is 1. The Morgan fingerprint density at radius 2 is 1.72 bits per heavy atom. The van der Waals surface area contributed by atoms with Crippen molar-refractivity contribution in [3.05, 3.63) is 82.7 Å². The average molecular weight is 406 g/mol. The molecule has 0 saturated heterocycles. The van der Waals surface area contributed by atoms with E-state index in [9.17, 15) is 9.59 Å². The fraction of sp³-hybridized carbons (Fsp3) is 0.167. The second-order valence-electron chi connectivity index (χ2n) is 6.86. The monoisotopic (exact) mass is 405 g/mol. The van der Waals surface area contributed by atoms with Crippen molar-refractivity contribution < 1.29 is 14.3 Å². The maximum absolute atomic E-state index is 12.4. The van der Waals surface area contributed by atoms with Crippen LogP contribution < -0.4 is 5.32 Å². The molecule has 0 aliphatic heterocycles. The molecule has 0 bridgehead atoms. The number of ether oxygens (including phenoxy) is 1. The van der Waals surface area contributed by atoms with Crippen LogP contribution in [0.25, 0.3) is 17.2 Å². The minimum atomic E-state index is -0.478. The Morgan fingerprint density at radius 3 is 2.34 bits per heavy atom. The van der Waals surface area contributed by atoms with Gasteiger partial charge in [0.2, 0.25) is 5.91 Å². The van der Waals surface area contributed by atoms with Gasteiger partial charge in [0.05, 0.1) is 7.11 Å². The fourth-order valence-electron chi connectivity index (χ4n) is 2.90. The summed E-state index contributed by atoms with van der Waals surface area (Å²) >= 11 is 1.30. The lowest BCUT2D eigenvalue weighted by atomic mass is 10.0. The number of thiophene rings is 1. The normalized spacial score (nSPS) is 11.0. The van der Waals surface area contributed by atoms with Crippen molar-refractivity contribution >= 4 is 34.3 Å². The Hall–Kier alpha value is -3.18. The number of carbonyl (C=O) groups excluding carboxylic acids is 2. The first kappa shape index (κ1) is 20.6. The lowest BCUT2D eigenvalue weighted by molar-refractivity contribution is -0.111. The van der Waals surface area contributed by atoms with E-state index in [0.29, 0.717) is 16.5 Å². The van der Waals surface area contributed by atoms with Crippen molar-refractivity contribution in [3.8, 4) is 11.1 Å². The average Bonchev–Trinajstić information content (AvgIpc) is 3.16. The van der Waals surface area contributed by atoms with Gasteiger partial charge in [0.1, 0.15) is 10.6 Å². The van der Waals surface area contributed by atoms with Crippen LogP contribution in [-0.2, 0) is 9.53 Å². The maximum Gasteiger partial charge on any atom is 0.341 e. The SMILES string of the molecule is COC(=O)c1c(-c2ccccc2)csc1NC(=O)/C=C/c1ccc(C(C)C)cc1. The van der Waals surface area contributed by atoms with Gasteiger partial charge >= 0.3 is 5.97 Å². The van der Waals surface area contributed by atoms with Crippen molar-refractivity contribution in [3.63, 3.8) is 0 Å². The van der Waals surface area contributed by atoms with E-state index in [1.54, 1.807) is 6.08 Å². The van der Waals surface area contributed by atoms with E-state index in [2.05, 4.69) is 31.3 Å². The molecule has 0 atom stereocenters. The van der Waals surface area contributed by atoms with Gasteiger partial charge in [-0.15, -0.1) is 11.3 Å². The first-order valence-corrected chi connectivity index (χ1v) is 10.2. The molecule has 148 valence electrons. The van der Waals surface area contributed by atoms with Gasteiger partial charge in [0.25, 0.3) is 0 Å². The van der Waals surface area contributed by atoms with Gasteiger partial charge in [0.15, 0.2) is 0 Å². The standard InChI is InChI=1S/C24H23NO3S/c1-16(2)18-12-9-17(10-13-18)11-14-21(26)25-23-22(24(27)28-3)20(15-29-23)19-7-5-4-6-8-19/h4-16H,1-3H3,(H,25,26)/b14-11+. The van der Waals surface area contributed by atoms with E-state index in [4.69, 9.17) is 4.74 Å². The highest BCUT2D eigenvalue weighted by molar-refractivity contribution is 7.15. The maximum atomic E-state index is 12.4. The van der Waals surface area contributed by atoms with Crippen LogP contribution in [0.5, 0.6) is 0 Å². The first-order valence-electron chi connectivity index (χ1n) is 9.34. The molecule has 1 heterocycles. The summed E-state index contributed by atoms with van der Waals surface area (Å²) in [6.45, 7) is 4.28. The number of rotatable bonds is 6. The van der Waals surface area contributed by atoms with Crippen LogP contribution in [0.4, 0.5) is 5.00 Å². The van der Waals surface area contributed by atoms with Crippen LogP contribution in [0, 0.1) is 0 Å². The van der Waals surface area contributed by atoms with E-state index >= 15 is 0 Å². The molecule has 29 heavy (non-hydrogen) atoms. The van der Waals surface area contributed by atoms with Crippen LogP contribution in [0.2, 0.25) is 0 Å². The van der Waals surface area contributed by atoms with Crippen LogP contribution >= 0.6 is 11.3 Å². The van der Waals surface area contributed by atoms with Crippen LogP contribution in [-0.4, -0.2) is 19.0 Å². The van der Waals surface area contributed by atoms with Crippen LogP contribution in [0.3, 0.4) is 0 Å². The van der Waals surface area contributed by atoms with Crippen molar-refractivity contribution in [2.45, 2.75) is 19.8 Å². The highest BCUT2D eigenvalue weighted by Gasteiger charge is 2.21. The Labute approximate surface area is 174 Å². The number of amides is 1. The third-order valence-electron chi connectivity index (χ3n) is 4.53. The first-order chi connectivity index (χ1) is 14.0. The molecule has 1 N–H and O–H groups in total. The van der Waals surface area contributed by atoms with Crippen molar-refractivity contribution in [2.24, 2.45) is 0 Å². The molecule has 0 unspecified atom stereocenters. The molecule has 4 nitrogen and oxygen atoms in total. The van der Waals surface area contributed by atoms with E-state index in [1.807, 2.05) is 47.8 Å². The largest absolute Gasteiger partial charge is 0.465 e. The zero-order chi connectivity index (χ0) is 20.8. The molecule has 0 aliphatic rings. The van der Waals surface area contributed by atoms with Gasteiger partial charge in [-0.05, 0) is 28.7 Å². The number of hydrogen-bond donors (Lipinski definition) is 1. The molecule has 0 radical (unpaired) electrons. The summed E-state index contributed by atoms with van der Waals surface area (Å²) in [6, 6.07) is 17.6. The Bertz CT molecular complexity index is 1020. The smallest absolute Gasteiger partial charge is 0.341 e. The molecular weight excluding hydrogens is 382 g/mol. The third kappa shape index (κ3) is 5.00. The van der Waals surface area contributed by atoms with Gasteiger partial charge in [-0.1, -0.05) is 68.4 Å². The predicted octanol–water partition coefficient (Wildman–Crippen LogP) is 5.98. The zero-order valence-corrected chi connectivity index (χ0v) is 17.5. The van der Waals surface area contributed by atoms with E-state index in [1.165, 1.54) is 30.1 Å². The second-order valence-corrected chi connectivity index (χ2v) is 7.73. The predicted molar refractivity (Wildman–Crippen MR) is 119 cm³/mol. The summed E-state index contributed by atoms with van der Waals surface area (Å²) in [7, 11) is 1.33. The van der Waals surface area contributed by atoms with E-state index in [-0.39, 0.29) is 5.91 Å². The minimum absolute atomic E-state index is 0.301. The fourth-order valence-corrected chi connectivity index (χ4v) is 3.86. The van der Waals surface area contributed by atoms with Crippen LogP contribution in [0.1, 0.15) is 41.3 Å². The van der Waals surface area contributed by atoms with Gasteiger partial charge in [-0.2, -0.15) is 0 Å². The number of methoxy groups -OCH3 is 1. The number of carbonyl (C=O) groups is 2. The molecule has 0 fully saturated rings. The van der Waals surface area contributed by atoms with Gasteiger partial charge in [-0.25, -0.2) is 4.79 Å². The highest BCUT2D eigenvalue weighted by Crippen LogP contribution is 2.36. The van der Waals surface area contributed by atoms with Gasteiger partial charge < -0.3 is 10.1 Å². The molecule has 1 amide bonds. The zero-order valence-electron chi connectivity index (χ0n) is 16.6. The Balaban J connectivity index is 1.79. The molecule has 3 rings (SSSR count). The number of nitrogens with one attached hydrogen (secondary N) is 1. The topological polar surface area (TPSA) is 55.4 Å². The van der Waals surface area contributed by atoms with Crippen molar-refractivity contribution in [1.82, 2.24) is 0 Å². The molecule has 0 aliphatic carbocycles. The molecular formula is C24H23NO3S. The third-order valence-corrected chi connectivity index (χ3v) is 5.43. The lowest BCUT2D eigenvalue weighted by Crippen LogP contribution is -2.11. The number of hydrogen-bond acceptors (Lipinski definition) is 4. The van der Waals surface area contributed by atoms with Crippen molar-refractivity contribution in [2.75, 3.05) is 12.4 Å². The highest BCUT2D eigenvalue weighted by atomic mass is 32.1. The van der Waals surface area contributed by atoms with E-state index < -0.39 is 5.97 Å². The second kappa shape index (κ2) is 9.34. The van der Waals surface area contributed by atoms with Crippen LogP contribution in [0.15, 0.2) is 66.1 Å². The summed E-state index contributed by atoms with van der Waals surface area (Å²) in [5.74, 6) is -0.316. The molecule has 1 aromatic heterocycles. The lowest BCUT2D eigenvalue weighted by Gasteiger charge is -2.07.